The predicted molar refractivity (Wildman–Crippen MR) is 78.6 cm³/mol. The van der Waals surface area contributed by atoms with E-state index < -0.39 is 11.7 Å². The SMILES string of the molecule is N#Cc1ccc(C(=O)NCCc2ccc(C(F)(F)F)cc2)cc1. The van der Waals surface area contributed by atoms with Gasteiger partial charge < -0.3 is 5.32 Å². The summed E-state index contributed by atoms with van der Waals surface area (Å²) in [6.45, 7) is 0.310. The molecule has 1 N–H and O–H groups in total. The van der Waals surface area contributed by atoms with Gasteiger partial charge in [-0.25, -0.2) is 0 Å². The molecule has 2 aromatic rings. The van der Waals surface area contributed by atoms with Crippen LogP contribution in [0.1, 0.15) is 27.0 Å². The summed E-state index contributed by atoms with van der Waals surface area (Å²) in [6.07, 6.45) is -3.91. The van der Waals surface area contributed by atoms with Crippen LogP contribution < -0.4 is 5.32 Å². The molecule has 0 aliphatic heterocycles. The highest BCUT2D eigenvalue weighted by molar-refractivity contribution is 5.94. The molecule has 0 saturated heterocycles. The van der Waals surface area contributed by atoms with Crippen LogP contribution in [0.25, 0.3) is 0 Å². The van der Waals surface area contributed by atoms with Crippen LogP contribution in [-0.2, 0) is 12.6 Å². The number of alkyl halides is 3. The van der Waals surface area contributed by atoms with Crippen molar-refractivity contribution < 1.29 is 18.0 Å². The first-order chi connectivity index (χ1) is 10.9. The quantitative estimate of drug-likeness (QED) is 0.937. The molecule has 118 valence electrons. The number of halogens is 3. The summed E-state index contributed by atoms with van der Waals surface area (Å²) in [5, 5.41) is 11.4. The van der Waals surface area contributed by atoms with Crippen LogP contribution in [0.2, 0.25) is 0 Å². The zero-order valence-corrected chi connectivity index (χ0v) is 12.0. The molecule has 23 heavy (non-hydrogen) atoms. The molecule has 2 aromatic carbocycles. The first-order valence-corrected chi connectivity index (χ1v) is 6.84. The van der Waals surface area contributed by atoms with Gasteiger partial charge in [-0.3, -0.25) is 4.79 Å². The van der Waals surface area contributed by atoms with Crippen molar-refractivity contribution >= 4 is 5.91 Å². The first-order valence-electron chi connectivity index (χ1n) is 6.84. The number of rotatable bonds is 4. The molecule has 0 aromatic heterocycles. The van der Waals surface area contributed by atoms with Crippen LogP contribution in [0.4, 0.5) is 13.2 Å². The molecule has 0 saturated carbocycles. The van der Waals surface area contributed by atoms with Gasteiger partial charge in [0.1, 0.15) is 0 Å². The Kier molecular flexibility index (Phi) is 5.02. The third kappa shape index (κ3) is 4.58. The molecule has 2 rings (SSSR count). The maximum Gasteiger partial charge on any atom is 0.416 e. The minimum atomic E-state index is -4.34. The lowest BCUT2D eigenvalue weighted by Gasteiger charge is -2.08. The summed E-state index contributed by atoms with van der Waals surface area (Å²) in [5.41, 5.74) is 0.906. The van der Waals surface area contributed by atoms with Crippen molar-refractivity contribution in [3.8, 4) is 6.07 Å². The Morgan fingerprint density at radius 1 is 1.04 bits per heavy atom. The van der Waals surface area contributed by atoms with Crippen molar-refractivity contribution in [1.82, 2.24) is 5.32 Å². The molecule has 1 amide bonds. The first kappa shape index (κ1) is 16.6. The summed E-state index contributed by atoms with van der Waals surface area (Å²) in [7, 11) is 0. The van der Waals surface area contributed by atoms with E-state index in [9.17, 15) is 18.0 Å². The Morgan fingerprint density at radius 2 is 1.65 bits per heavy atom. The molecule has 6 heteroatoms. The van der Waals surface area contributed by atoms with E-state index in [4.69, 9.17) is 5.26 Å². The molecule has 0 spiro atoms. The highest BCUT2D eigenvalue weighted by atomic mass is 19.4. The molecule has 0 heterocycles. The van der Waals surface area contributed by atoms with Gasteiger partial charge in [-0.05, 0) is 48.4 Å². The second-order valence-corrected chi connectivity index (χ2v) is 4.89. The molecule has 0 radical (unpaired) electrons. The lowest BCUT2D eigenvalue weighted by atomic mass is 10.1. The lowest BCUT2D eigenvalue weighted by molar-refractivity contribution is -0.137. The average molecular weight is 318 g/mol. The Balaban J connectivity index is 1.86. The number of amides is 1. The van der Waals surface area contributed by atoms with Gasteiger partial charge in [0, 0.05) is 12.1 Å². The number of benzene rings is 2. The van der Waals surface area contributed by atoms with E-state index in [-0.39, 0.29) is 5.91 Å². The molecular weight excluding hydrogens is 305 g/mol. The smallest absolute Gasteiger partial charge is 0.352 e. The van der Waals surface area contributed by atoms with Crippen molar-refractivity contribution in [2.75, 3.05) is 6.54 Å². The molecule has 0 unspecified atom stereocenters. The number of hydrogen-bond acceptors (Lipinski definition) is 2. The highest BCUT2D eigenvalue weighted by Gasteiger charge is 2.29. The van der Waals surface area contributed by atoms with Crippen LogP contribution in [0, 0.1) is 11.3 Å². The van der Waals surface area contributed by atoms with Gasteiger partial charge >= 0.3 is 6.18 Å². The maximum atomic E-state index is 12.4. The topological polar surface area (TPSA) is 52.9 Å². The van der Waals surface area contributed by atoms with Gasteiger partial charge in [-0.1, -0.05) is 12.1 Å². The number of nitrogens with one attached hydrogen (secondary N) is 1. The number of carbonyl (C=O) groups is 1. The molecule has 0 aliphatic rings. The summed E-state index contributed by atoms with van der Waals surface area (Å²) in [5.74, 6) is -0.290. The van der Waals surface area contributed by atoms with Crippen LogP contribution in [0.15, 0.2) is 48.5 Å². The molecule has 0 atom stereocenters. The third-order valence-electron chi connectivity index (χ3n) is 3.26. The van der Waals surface area contributed by atoms with Gasteiger partial charge in [0.25, 0.3) is 5.91 Å². The highest BCUT2D eigenvalue weighted by Crippen LogP contribution is 2.29. The van der Waals surface area contributed by atoms with Gasteiger partial charge in [-0.15, -0.1) is 0 Å². The van der Waals surface area contributed by atoms with Gasteiger partial charge in [0.15, 0.2) is 0 Å². The lowest BCUT2D eigenvalue weighted by Crippen LogP contribution is -2.25. The minimum Gasteiger partial charge on any atom is -0.352 e. The van der Waals surface area contributed by atoms with Crippen LogP contribution >= 0.6 is 0 Å². The largest absolute Gasteiger partial charge is 0.416 e. The third-order valence-corrected chi connectivity index (χ3v) is 3.26. The Hall–Kier alpha value is -2.81. The number of carbonyl (C=O) groups excluding carboxylic acids is 1. The summed E-state index contributed by atoms with van der Waals surface area (Å²) in [4.78, 5) is 11.9. The molecule has 3 nitrogen and oxygen atoms in total. The van der Waals surface area contributed by atoms with E-state index in [0.29, 0.717) is 29.7 Å². The molecular formula is C17H13F3N2O. The number of hydrogen-bond donors (Lipinski definition) is 1. The fourth-order valence-electron chi connectivity index (χ4n) is 1.98. The predicted octanol–water partition coefficient (Wildman–Crippen LogP) is 3.55. The number of nitrogens with zero attached hydrogens (tertiary/aromatic N) is 1. The minimum absolute atomic E-state index is 0.290. The summed E-state index contributed by atoms with van der Waals surface area (Å²) in [6, 6.07) is 13.0. The van der Waals surface area contributed by atoms with Crippen molar-refractivity contribution in [3.05, 3.63) is 70.8 Å². The van der Waals surface area contributed by atoms with Crippen molar-refractivity contribution in [2.45, 2.75) is 12.6 Å². The second kappa shape index (κ2) is 6.97. The van der Waals surface area contributed by atoms with Crippen LogP contribution in [0.5, 0.6) is 0 Å². The van der Waals surface area contributed by atoms with Gasteiger partial charge in [-0.2, -0.15) is 18.4 Å². The van der Waals surface area contributed by atoms with Crippen molar-refractivity contribution in [3.63, 3.8) is 0 Å². The average Bonchev–Trinajstić information content (AvgIpc) is 2.54. The van der Waals surface area contributed by atoms with Gasteiger partial charge in [0.2, 0.25) is 0 Å². The van der Waals surface area contributed by atoms with Crippen LogP contribution in [-0.4, -0.2) is 12.5 Å². The van der Waals surface area contributed by atoms with Crippen molar-refractivity contribution in [2.24, 2.45) is 0 Å². The van der Waals surface area contributed by atoms with Gasteiger partial charge in [0.05, 0.1) is 17.2 Å². The molecule has 0 fully saturated rings. The normalized spacial score (nSPS) is 10.9. The number of nitriles is 1. The molecule has 0 aliphatic carbocycles. The standard InChI is InChI=1S/C17H13F3N2O/c18-17(19,20)15-7-3-12(4-8-15)9-10-22-16(23)14-5-1-13(11-21)2-6-14/h1-8H,9-10H2,(H,22,23). The van der Waals surface area contributed by atoms with E-state index in [1.54, 1.807) is 24.3 Å². The van der Waals surface area contributed by atoms with E-state index in [2.05, 4.69) is 5.32 Å². The summed E-state index contributed by atoms with van der Waals surface area (Å²) >= 11 is 0. The fourth-order valence-corrected chi connectivity index (χ4v) is 1.98. The van der Waals surface area contributed by atoms with E-state index in [1.165, 1.54) is 12.1 Å². The molecule has 0 bridgehead atoms. The van der Waals surface area contributed by atoms with E-state index in [1.807, 2.05) is 6.07 Å². The second-order valence-electron chi connectivity index (χ2n) is 4.89. The fraction of sp³-hybridized carbons (Fsp3) is 0.176. The zero-order valence-electron chi connectivity index (χ0n) is 12.0. The van der Waals surface area contributed by atoms with Crippen LogP contribution in [0.3, 0.4) is 0 Å². The maximum absolute atomic E-state index is 12.4. The Labute approximate surface area is 131 Å². The van der Waals surface area contributed by atoms with Crippen molar-refractivity contribution in [1.29, 1.82) is 5.26 Å². The Bertz CT molecular complexity index is 713. The zero-order chi connectivity index (χ0) is 16.9. The van der Waals surface area contributed by atoms with E-state index >= 15 is 0 Å². The van der Waals surface area contributed by atoms with E-state index in [0.717, 1.165) is 12.1 Å². The Morgan fingerprint density at radius 3 is 2.17 bits per heavy atom. The monoisotopic (exact) mass is 318 g/mol. The summed E-state index contributed by atoms with van der Waals surface area (Å²) < 4.78 is 37.3.